The van der Waals surface area contributed by atoms with E-state index in [-0.39, 0.29) is 0 Å². The summed E-state index contributed by atoms with van der Waals surface area (Å²) in [6, 6.07) is 8.94. The molecule has 0 aliphatic carbocycles. The Labute approximate surface area is 123 Å². The van der Waals surface area contributed by atoms with Crippen LogP contribution in [0.3, 0.4) is 0 Å². The molecule has 1 rings (SSSR count). The van der Waals surface area contributed by atoms with Crippen LogP contribution < -0.4 is 10.2 Å². The minimum atomic E-state index is 0.437. The zero-order valence-electron chi connectivity index (χ0n) is 13.4. The number of nitriles is 1. The number of hydrogen-bond donors (Lipinski definition) is 1. The number of hydrogen-bond acceptors (Lipinski definition) is 3. The lowest BCUT2D eigenvalue weighted by Gasteiger charge is -2.27. The van der Waals surface area contributed by atoms with Crippen LogP contribution in [0.1, 0.15) is 45.2 Å². The van der Waals surface area contributed by atoms with Gasteiger partial charge in [0, 0.05) is 19.6 Å². The van der Waals surface area contributed by atoms with Crippen LogP contribution in [-0.2, 0) is 6.54 Å². The molecule has 0 saturated carbocycles. The first-order chi connectivity index (χ1) is 9.49. The molecule has 3 heteroatoms. The van der Waals surface area contributed by atoms with E-state index in [2.05, 4.69) is 63.2 Å². The standard InChI is InChI=1S/C17H27N3/c1-6-14(4)20(5)17-8-7-15(9-16(17)10-18)12-19-11-13(2)3/h7-9,13-14,19H,6,11-12H2,1-5H3. The fourth-order valence-corrected chi connectivity index (χ4v) is 2.11. The SMILES string of the molecule is CCC(C)N(C)c1ccc(CNCC(C)C)cc1C#N. The van der Waals surface area contributed by atoms with Crippen molar-refractivity contribution in [3.63, 3.8) is 0 Å². The highest BCUT2D eigenvalue weighted by molar-refractivity contribution is 5.60. The Morgan fingerprint density at radius 1 is 1.30 bits per heavy atom. The molecule has 20 heavy (non-hydrogen) atoms. The van der Waals surface area contributed by atoms with E-state index < -0.39 is 0 Å². The fourth-order valence-electron chi connectivity index (χ4n) is 2.11. The summed E-state index contributed by atoms with van der Waals surface area (Å²) in [4.78, 5) is 2.18. The van der Waals surface area contributed by atoms with Crippen LogP contribution in [0.2, 0.25) is 0 Å². The molecule has 0 amide bonds. The zero-order valence-corrected chi connectivity index (χ0v) is 13.4. The highest BCUT2D eigenvalue weighted by atomic mass is 15.1. The summed E-state index contributed by atoms with van der Waals surface area (Å²) in [7, 11) is 2.06. The van der Waals surface area contributed by atoms with Crippen LogP contribution in [0.5, 0.6) is 0 Å². The van der Waals surface area contributed by atoms with Gasteiger partial charge >= 0.3 is 0 Å². The van der Waals surface area contributed by atoms with E-state index in [4.69, 9.17) is 0 Å². The molecule has 0 heterocycles. The highest BCUT2D eigenvalue weighted by Gasteiger charge is 2.12. The predicted octanol–water partition coefficient (Wildman–Crippen LogP) is 3.54. The predicted molar refractivity (Wildman–Crippen MR) is 85.9 cm³/mol. The normalized spacial score (nSPS) is 12.2. The van der Waals surface area contributed by atoms with Crippen molar-refractivity contribution in [2.75, 3.05) is 18.5 Å². The Hall–Kier alpha value is -1.53. The number of anilines is 1. The maximum absolute atomic E-state index is 9.36. The van der Waals surface area contributed by atoms with Crippen LogP contribution >= 0.6 is 0 Å². The third-order valence-corrected chi connectivity index (χ3v) is 3.70. The Morgan fingerprint density at radius 2 is 2.00 bits per heavy atom. The molecular weight excluding hydrogens is 246 g/mol. The van der Waals surface area contributed by atoms with Crippen LogP contribution in [0.25, 0.3) is 0 Å². The lowest BCUT2D eigenvalue weighted by atomic mass is 10.1. The van der Waals surface area contributed by atoms with Gasteiger partial charge in [-0.1, -0.05) is 26.8 Å². The maximum Gasteiger partial charge on any atom is 0.101 e. The summed E-state index contributed by atoms with van der Waals surface area (Å²) in [5.74, 6) is 0.640. The fraction of sp³-hybridized carbons (Fsp3) is 0.588. The molecule has 1 aromatic carbocycles. The van der Waals surface area contributed by atoms with Crippen molar-refractivity contribution >= 4 is 5.69 Å². The molecule has 1 atom stereocenters. The summed E-state index contributed by atoms with van der Waals surface area (Å²) in [6.07, 6.45) is 1.07. The first-order valence-corrected chi connectivity index (χ1v) is 7.46. The summed E-state index contributed by atoms with van der Waals surface area (Å²) in [5, 5.41) is 12.8. The van der Waals surface area contributed by atoms with Crippen molar-refractivity contribution < 1.29 is 0 Å². The van der Waals surface area contributed by atoms with E-state index in [9.17, 15) is 5.26 Å². The van der Waals surface area contributed by atoms with Gasteiger partial charge in [-0.25, -0.2) is 0 Å². The zero-order chi connectivity index (χ0) is 15.1. The number of nitrogens with zero attached hydrogens (tertiary/aromatic N) is 2. The van der Waals surface area contributed by atoms with Gasteiger partial charge in [-0.15, -0.1) is 0 Å². The summed E-state index contributed by atoms with van der Waals surface area (Å²) >= 11 is 0. The third-order valence-electron chi connectivity index (χ3n) is 3.70. The van der Waals surface area contributed by atoms with Gasteiger partial charge in [0.15, 0.2) is 0 Å². The molecule has 1 unspecified atom stereocenters. The minimum Gasteiger partial charge on any atom is -0.371 e. The van der Waals surface area contributed by atoms with Crippen LogP contribution in [-0.4, -0.2) is 19.6 Å². The number of nitrogens with one attached hydrogen (secondary N) is 1. The molecule has 0 spiro atoms. The smallest absolute Gasteiger partial charge is 0.101 e. The average molecular weight is 273 g/mol. The lowest BCUT2D eigenvalue weighted by molar-refractivity contribution is 0.552. The first kappa shape index (κ1) is 16.5. The monoisotopic (exact) mass is 273 g/mol. The first-order valence-electron chi connectivity index (χ1n) is 7.46. The van der Waals surface area contributed by atoms with Gasteiger partial charge in [-0.05, 0) is 43.5 Å². The Bertz CT molecular complexity index is 460. The number of rotatable bonds is 7. The summed E-state index contributed by atoms with van der Waals surface area (Å²) in [5.41, 5.74) is 2.95. The molecule has 0 aliphatic heterocycles. The van der Waals surface area contributed by atoms with Gasteiger partial charge in [0.05, 0.1) is 11.3 Å². The van der Waals surface area contributed by atoms with Crippen molar-refractivity contribution in [1.29, 1.82) is 5.26 Å². The van der Waals surface area contributed by atoms with E-state index in [1.165, 1.54) is 5.56 Å². The van der Waals surface area contributed by atoms with Gasteiger partial charge in [-0.3, -0.25) is 0 Å². The maximum atomic E-state index is 9.36. The quantitative estimate of drug-likeness (QED) is 0.826. The van der Waals surface area contributed by atoms with Crippen LogP contribution in [0.15, 0.2) is 18.2 Å². The van der Waals surface area contributed by atoms with E-state index in [1.54, 1.807) is 0 Å². The molecule has 1 N–H and O–H groups in total. The summed E-state index contributed by atoms with van der Waals surface area (Å²) in [6.45, 7) is 10.5. The van der Waals surface area contributed by atoms with Crippen LogP contribution in [0.4, 0.5) is 5.69 Å². The van der Waals surface area contributed by atoms with Crippen molar-refractivity contribution in [3.05, 3.63) is 29.3 Å². The van der Waals surface area contributed by atoms with E-state index in [1.807, 2.05) is 6.07 Å². The molecule has 0 saturated heterocycles. The van der Waals surface area contributed by atoms with Gasteiger partial charge in [0.2, 0.25) is 0 Å². The van der Waals surface area contributed by atoms with Gasteiger partial charge < -0.3 is 10.2 Å². The van der Waals surface area contributed by atoms with Crippen molar-refractivity contribution in [3.8, 4) is 6.07 Å². The largest absolute Gasteiger partial charge is 0.371 e. The second-order valence-electron chi connectivity index (χ2n) is 5.86. The van der Waals surface area contributed by atoms with E-state index in [0.29, 0.717) is 12.0 Å². The average Bonchev–Trinajstić information content (AvgIpc) is 2.45. The highest BCUT2D eigenvalue weighted by Crippen LogP contribution is 2.23. The van der Waals surface area contributed by atoms with Gasteiger partial charge in [-0.2, -0.15) is 5.26 Å². The molecular formula is C17H27N3. The van der Waals surface area contributed by atoms with E-state index in [0.717, 1.165) is 30.8 Å². The van der Waals surface area contributed by atoms with Gasteiger partial charge in [0.1, 0.15) is 6.07 Å². The molecule has 0 fully saturated rings. The molecule has 110 valence electrons. The molecule has 0 bridgehead atoms. The molecule has 0 aromatic heterocycles. The Morgan fingerprint density at radius 3 is 2.55 bits per heavy atom. The second-order valence-corrected chi connectivity index (χ2v) is 5.86. The van der Waals surface area contributed by atoms with Crippen molar-refractivity contribution in [2.45, 2.75) is 46.7 Å². The topological polar surface area (TPSA) is 39.1 Å². The van der Waals surface area contributed by atoms with Gasteiger partial charge in [0.25, 0.3) is 0 Å². The van der Waals surface area contributed by atoms with Crippen LogP contribution in [0, 0.1) is 17.2 Å². The Balaban J connectivity index is 2.83. The Kier molecular flexibility index (Phi) is 6.54. The third kappa shape index (κ3) is 4.54. The minimum absolute atomic E-state index is 0.437. The lowest BCUT2D eigenvalue weighted by Crippen LogP contribution is -2.28. The second kappa shape index (κ2) is 7.91. The van der Waals surface area contributed by atoms with Crippen molar-refractivity contribution in [2.24, 2.45) is 5.92 Å². The molecule has 3 nitrogen and oxygen atoms in total. The van der Waals surface area contributed by atoms with Crippen molar-refractivity contribution in [1.82, 2.24) is 5.32 Å². The molecule has 0 radical (unpaired) electrons. The number of benzene rings is 1. The molecule has 0 aliphatic rings. The summed E-state index contributed by atoms with van der Waals surface area (Å²) < 4.78 is 0. The molecule has 1 aromatic rings. The van der Waals surface area contributed by atoms with E-state index >= 15 is 0 Å².